The van der Waals surface area contributed by atoms with Gasteiger partial charge in [-0.3, -0.25) is 4.99 Å². The highest BCUT2D eigenvalue weighted by molar-refractivity contribution is 7.26. The Morgan fingerprint density at radius 2 is 1.42 bits per heavy atom. The van der Waals surface area contributed by atoms with Gasteiger partial charge in [-0.1, -0.05) is 78.9 Å². The van der Waals surface area contributed by atoms with E-state index in [1.807, 2.05) is 65.9 Å². The summed E-state index contributed by atoms with van der Waals surface area (Å²) < 4.78 is 4.73. The Bertz CT molecular complexity index is 2800. The van der Waals surface area contributed by atoms with Crippen LogP contribution in [0.5, 0.6) is 0 Å². The minimum Gasteiger partial charge on any atom is -0.339 e. The maximum absolute atomic E-state index is 10.6. The van der Waals surface area contributed by atoms with Crippen molar-refractivity contribution < 1.29 is 0 Å². The van der Waals surface area contributed by atoms with Crippen molar-refractivity contribution in [2.45, 2.75) is 6.04 Å². The zero-order valence-corrected chi connectivity index (χ0v) is 26.1. The van der Waals surface area contributed by atoms with Gasteiger partial charge >= 0.3 is 0 Å². The van der Waals surface area contributed by atoms with Gasteiger partial charge in [0.15, 0.2) is 0 Å². The van der Waals surface area contributed by atoms with Crippen molar-refractivity contribution in [2.75, 3.05) is 5.32 Å². The summed E-state index contributed by atoms with van der Waals surface area (Å²) >= 11 is 1.81. The number of para-hydroxylation sites is 1. The van der Waals surface area contributed by atoms with Gasteiger partial charge < -0.3 is 9.88 Å². The molecule has 1 N–H and O–H groups in total. The topological polar surface area (TPSA) is 101 Å². The normalized spacial score (nSPS) is 13.9. The number of fused-ring (bicyclic) bond motifs is 8. The number of anilines is 1. The first-order chi connectivity index (χ1) is 23.7. The van der Waals surface area contributed by atoms with Crippen molar-refractivity contribution in [1.82, 2.24) is 4.57 Å². The predicted molar refractivity (Wildman–Crippen MR) is 193 cm³/mol. The molecule has 9 rings (SSSR count). The fraction of sp³-hybridized carbons (Fsp3) is 0.0244. The van der Waals surface area contributed by atoms with Crippen LogP contribution < -0.4 is 5.32 Å². The number of aliphatic imine (C=N–C) groups is 1. The van der Waals surface area contributed by atoms with Gasteiger partial charge in [0.1, 0.15) is 17.9 Å². The number of nitriles is 3. The molecule has 2 aromatic heterocycles. The Balaban J connectivity index is 1.27. The van der Waals surface area contributed by atoms with Crippen molar-refractivity contribution in [3.05, 3.63) is 155 Å². The van der Waals surface area contributed by atoms with Crippen molar-refractivity contribution in [3.63, 3.8) is 0 Å². The lowest BCUT2D eigenvalue weighted by atomic mass is 9.89. The summed E-state index contributed by atoms with van der Waals surface area (Å²) in [6.45, 7) is 0. The lowest BCUT2D eigenvalue weighted by Gasteiger charge is -2.27. The van der Waals surface area contributed by atoms with Gasteiger partial charge in [0, 0.05) is 47.8 Å². The molecule has 3 heterocycles. The van der Waals surface area contributed by atoms with Gasteiger partial charge in [0.2, 0.25) is 0 Å². The molecule has 1 aliphatic heterocycles. The number of rotatable bonds is 3. The molecule has 1 unspecified atom stereocenters. The summed E-state index contributed by atoms with van der Waals surface area (Å²) in [6, 6.07) is 46.6. The standard InChI is InChI=1S/C41H22N6S/c42-21-24-18-27(23-44)38-33(19-24)39(46-41(45-38)25-8-2-1-3-9-25)29-15-14-28(20-26(29)22-43)47-34-12-6-4-11-32(34)37-35(47)17-16-31-30-10-5-7-13-36(30)48-40(31)37/h1-20,39H,(H,45,46). The molecule has 0 spiro atoms. The van der Waals surface area contributed by atoms with Crippen LogP contribution in [-0.2, 0) is 0 Å². The van der Waals surface area contributed by atoms with E-state index in [-0.39, 0.29) is 0 Å². The molecule has 222 valence electrons. The first-order valence-electron chi connectivity index (χ1n) is 15.4. The third-order valence-electron chi connectivity index (χ3n) is 9.15. The van der Waals surface area contributed by atoms with E-state index in [4.69, 9.17) is 4.99 Å². The summed E-state index contributed by atoms with van der Waals surface area (Å²) in [4.78, 5) is 5.10. The summed E-state index contributed by atoms with van der Waals surface area (Å²) in [5, 5.41) is 38.7. The highest BCUT2D eigenvalue weighted by Gasteiger charge is 2.29. The van der Waals surface area contributed by atoms with Gasteiger partial charge in [-0.05, 0) is 48.0 Å². The Kier molecular flexibility index (Phi) is 6.14. The molecule has 8 aromatic rings. The molecule has 0 saturated carbocycles. The number of amidine groups is 1. The lowest BCUT2D eigenvalue weighted by molar-refractivity contribution is 0.857. The van der Waals surface area contributed by atoms with Crippen LogP contribution in [-0.4, -0.2) is 10.4 Å². The van der Waals surface area contributed by atoms with Gasteiger partial charge in [0.05, 0.1) is 45.5 Å². The highest BCUT2D eigenvalue weighted by Crippen LogP contribution is 2.44. The van der Waals surface area contributed by atoms with E-state index in [1.165, 1.54) is 25.6 Å². The number of hydrogen-bond acceptors (Lipinski definition) is 6. The van der Waals surface area contributed by atoms with Crippen LogP contribution in [0.3, 0.4) is 0 Å². The minimum absolute atomic E-state index is 0.352. The van der Waals surface area contributed by atoms with E-state index in [2.05, 4.69) is 82.7 Å². The molecule has 7 heteroatoms. The van der Waals surface area contributed by atoms with Crippen molar-refractivity contribution in [1.29, 1.82) is 15.8 Å². The Morgan fingerprint density at radius 3 is 2.23 bits per heavy atom. The predicted octanol–water partition coefficient (Wildman–Crippen LogP) is 9.73. The molecule has 0 radical (unpaired) electrons. The number of thiophene rings is 1. The Labute approximate surface area is 279 Å². The maximum Gasteiger partial charge on any atom is 0.133 e. The highest BCUT2D eigenvalue weighted by atomic mass is 32.1. The van der Waals surface area contributed by atoms with Crippen molar-refractivity contribution in [2.24, 2.45) is 4.99 Å². The number of nitrogens with zero attached hydrogens (tertiary/aromatic N) is 5. The van der Waals surface area contributed by atoms with E-state index in [9.17, 15) is 15.8 Å². The number of aromatic nitrogens is 1. The molecule has 48 heavy (non-hydrogen) atoms. The molecule has 0 amide bonds. The van der Waals surface area contributed by atoms with Crippen LogP contribution in [0.1, 0.15) is 39.4 Å². The smallest absolute Gasteiger partial charge is 0.133 e. The zero-order valence-electron chi connectivity index (χ0n) is 25.3. The van der Waals surface area contributed by atoms with Crippen LogP contribution in [0, 0.1) is 34.0 Å². The molecule has 1 aliphatic rings. The molecule has 1 atom stereocenters. The van der Waals surface area contributed by atoms with Gasteiger partial charge in [-0.15, -0.1) is 11.3 Å². The molecular formula is C41H22N6S. The summed E-state index contributed by atoms with van der Waals surface area (Å²) in [5.41, 5.74) is 7.01. The molecule has 0 fully saturated rings. The van der Waals surface area contributed by atoms with Crippen molar-refractivity contribution in [3.8, 4) is 23.9 Å². The summed E-state index contributed by atoms with van der Waals surface area (Å²) in [7, 11) is 0. The van der Waals surface area contributed by atoms with E-state index in [0.717, 1.165) is 27.7 Å². The summed E-state index contributed by atoms with van der Waals surface area (Å²) in [5.74, 6) is 0.594. The van der Waals surface area contributed by atoms with E-state index in [0.29, 0.717) is 39.3 Å². The fourth-order valence-corrected chi connectivity index (χ4v) is 8.29. The first-order valence-corrected chi connectivity index (χ1v) is 16.2. The second-order valence-corrected chi connectivity index (χ2v) is 12.8. The molecule has 6 nitrogen and oxygen atoms in total. The monoisotopic (exact) mass is 630 g/mol. The van der Waals surface area contributed by atoms with Crippen molar-refractivity contribution >= 4 is 64.8 Å². The summed E-state index contributed by atoms with van der Waals surface area (Å²) in [6.07, 6.45) is 0. The molecular weight excluding hydrogens is 609 g/mol. The largest absolute Gasteiger partial charge is 0.339 e. The van der Waals surface area contributed by atoms with Crippen LogP contribution in [0.4, 0.5) is 5.69 Å². The quantitative estimate of drug-likeness (QED) is 0.210. The number of hydrogen-bond donors (Lipinski definition) is 1. The van der Waals surface area contributed by atoms with Gasteiger partial charge in [-0.25, -0.2) is 0 Å². The van der Waals surface area contributed by atoms with Gasteiger partial charge in [-0.2, -0.15) is 15.8 Å². The fourth-order valence-electron chi connectivity index (χ4n) is 7.03. The van der Waals surface area contributed by atoms with Crippen LogP contribution in [0.15, 0.2) is 126 Å². The molecule has 0 saturated heterocycles. The molecule has 0 bridgehead atoms. The Hall–Kier alpha value is -6.72. The third-order valence-corrected chi connectivity index (χ3v) is 10.4. The minimum atomic E-state index is -0.614. The van der Waals surface area contributed by atoms with E-state index in [1.54, 1.807) is 12.1 Å². The number of nitrogens with one attached hydrogen (secondary N) is 1. The average Bonchev–Trinajstić information content (AvgIpc) is 3.70. The van der Waals surface area contributed by atoms with E-state index >= 15 is 0 Å². The lowest BCUT2D eigenvalue weighted by Crippen LogP contribution is -2.23. The first kappa shape index (κ1) is 27.6. The van der Waals surface area contributed by atoms with Crippen LogP contribution in [0.2, 0.25) is 0 Å². The van der Waals surface area contributed by atoms with E-state index < -0.39 is 6.04 Å². The second kappa shape index (κ2) is 10.7. The Morgan fingerprint density at radius 1 is 0.646 bits per heavy atom. The molecule has 6 aromatic carbocycles. The number of benzene rings is 6. The SMILES string of the molecule is N#Cc1cc(C#N)c2c(c1)C(c1ccc(-n3c4ccccc4c4c5sc6ccccc6c5ccc43)cc1C#N)N=C(c1ccccc1)N2. The van der Waals surface area contributed by atoms with Crippen LogP contribution >= 0.6 is 11.3 Å². The van der Waals surface area contributed by atoms with Gasteiger partial charge in [0.25, 0.3) is 0 Å². The molecule has 0 aliphatic carbocycles. The zero-order chi connectivity index (χ0) is 32.4. The second-order valence-electron chi connectivity index (χ2n) is 11.8. The maximum atomic E-state index is 10.6. The van der Waals surface area contributed by atoms with Crippen LogP contribution in [0.25, 0.3) is 47.7 Å². The third kappa shape index (κ3) is 4.05. The average molecular weight is 631 g/mol.